The molecule has 0 radical (unpaired) electrons. The predicted octanol–water partition coefficient (Wildman–Crippen LogP) is 6.86. The van der Waals surface area contributed by atoms with Crippen LogP contribution in [0.5, 0.6) is 5.75 Å². The zero-order valence-corrected chi connectivity index (χ0v) is 28.9. The third-order valence-corrected chi connectivity index (χ3v) is 9.94. The molecule has 0 fully saturated rings. The second kappa shape index (κ2) is 16.6. The maximum atomic E-state index is 14.5. The maximum absolute atomic E-state index is 14.5. The van der Waals surface area contributed by atoms with Crippen molar-refractivity contribution in [2.45, 2.75) is 43.7 Å². The van der Waals surface area contributed by atoms with Crippen molar-refractivity contribution in [2.24, 2.45) is 0 Å². The van der Waals surface area contributed by atoms with Gasteiger partial charge in [0.05, 0.1) is 17.7 Å². The van der Waals surface area contributed by atoms with Crippen molar-refractivity contribution in [1.82, 2.24) is 10.2 Å². The van der Waals surface area contributed by atoms with E-state index in [4.69, 9.17) is 16.3 Å². The molecule has 46 heavy (non-hydrogen) atoms. The Morgan fingerprint density at radius 2 is 1.61 bits per heavy atom. The predicted molar refractivity (Wildman–Crippen MR) is 186 cm³/mol. The lowest BCUT2D eigenvalue weighted by atomic mass is 10.0. The highest BCUT2D eigenvalue weighted by molar-refractivity contribution is 9.10. The zero-order valence-electron chi connectivity index (χ0n) is 25.7. The molecule has 0 saturated heterocycles. The Balaban J connectivity index is 1.78. The van der Waals surface area contributed by atoms with Crippen LogP contribution >= 0.6 is 27.5 Å². The summed E-state index contributed by atoms with van der Waals surface area (Å²) in [7, 11) is -2.77. The lowest BCUT2D eigenvalue weighted by molar-refractivity contribution is -0.140. The number of unbranched alkanes of at least 4 members (excludes halogenated alkanes) is 1. The van der Waals surface area contributed by atoms with E-state index >= 15 is 0 Å². The molecule has 242 valence electrons. The molecular weight excluding hydrogens is 690 g/mol. The average Bonchev–Trinajstić information content (AvgIpc) is 3.06. The molecule has 0 heterocycles. The molecule has 0 aliphatic carbocycles. The van der Waals surface area contributed by atoms with E-state index in [0.29, 0.717) is 17.3 Å². The van der Waals surface area contributed by atoms with Gasteiger partial charge in [0.1, 0.15) is 18.3 Å². The quantitative estimate of drug-likeness (QED) is 0.135. The SMILES string of the molecule is CCCCNC(=O)C(Cc1ccccc1)N(Cc1ccc(Br)cc1)C(=O)CN(c1cccc(Cl)c1)S(=O)(=O)c1ccc(OC)cc1. The molecule has 0 saturated carbocycles. The Kier molecular flexibility index (Phi) is 12.7. The van der Waals surface area contributed by atoms with Crippen molar-refractivity contribution < 1.29 is 22.7 Å². The van der Waals surface area contributed by atoms with Crippen molar-refractivity contribution >= 4 is 55.1 Å². The lowest BCUT2D eigenvalue weighted by Crippen LogP contribution is -2.53. The van der Waals surface area contributed by atoms with Gasteiger partial charge >= 0.3 is 0 Å². The number of halogens is 2. The largest absolute Gasteiger partial charge is 0.497 e. The van der Waals surface area contributed by atoms with E-state index in [1.807, 2.05) is 61.5 Å². The van der Waals surface area contributed by atoms with Crippen LogP contribution in [0.25, 0.3) is 0 Å². The Morgan fingerprint density at radius 3 is 2.24 bits per heavy atom. The van der Waals surface area contributed by atoms with Crippen LogP contribution in [0.1, 0.15) is 30.9 Å². The van der Waals surface area contributed by atoms with Crippen molar-refractivity contribution in [3.05, 3.63) is 124 Å². The molecule has 4 rings (SSSR count). The van der Waals surface area contributed by atoms with Gasteiger partial charge in [-0.2, -0.15) is 0 Å². The number of carbonyl (C=O) groups is 2. The number of hydrogen-bond donors (Lipinski definition) is 1. The monoisotopic (exact) mass is 725 g/mol. The van der Waals surface area contributed by atoms with Crippen LogP contribution in [-0.4, -0.2) is 51.4 Å². The maximum Gasteiger partial charge on any atom is 0.264 e. The summed E-state index contributed by atoms with van der Waals surface area (Å²) < 4.78 is 35.4. The smallest absolute Gasteiger partial charge is 0.264 e. The molecule has 0 aromatic heterocycles. The molecule has 11 heteroatoms. The highest BCUT2D eigenvalue weighted by atomic mass is 79.9. The molecule has 4 aromatic carbocycles. The summed E-state index contributed by atoms with van der Waals surface area (Å²) in [5, 5.41) is 3.30. The molecule has 1 atom stereocenters. The van der Waals surface area contributed by atoms with Gasteiger partial charge in [0.15, 0.2) is 0 Å². The molecule has 0 spiro atoms. The zero-order chi connectivity index (χ0) is 33.1. The molecule has 1 unspecified atom stereocenters. The van der Waals surface area contributed by atoms with E-state index in [0.717, 1.165) is 32.7 Å². The van der Waals surface area contributed by atoms with Crippen LogP contribution < -0.4 is 14.4 Å². The molecular formula is C35H37BrClN3O5S. The number of nitrogens with one attached hydrogen (secondary N) is 1. The van der Waals surface area contributed by atoms with Gasteiger partial charge in [0.2, 0.25) is 11.8 Å². The number of anilines is 1. The van der Waals surface area contributed by atoms with E-state index in [1.165, 1.54) is 30.2 Å². The van der Waals surface area contributed by atoms with E-state index < -0.39 is 28.5 Å². The first kappa shape index (κ1) is 35.0. The average molecular weight is 727 g/mol. The van der Waals surface area contributed by atoms with E-state index in [-0.39, 0.29) is 29.5 Å². The molecule has 8 nitrogen and oxygen atoms in total. The fourth-order valence-corrected chi connectivity index (χ4v) is 6.74. The van der Waals surface area contributed by atoms with Crippen LogP contribution in [0.4, 0.5) is 5.69 Å². The first-order valence-electron chi connectivity index (χ1n) is 14.9. The van der Waals surface area contributed by atoms with Gasteiger partial charge in [-0.15, -0.1) is 0 Å². The summed E-state index contributed by atoms with van der Waals surface area (Å²) in [4.78, 5) is 29.8. The topological polar surface area (TPSA) is 96.0 Å². The Labute approximate surface area is 284 Å². The second-order valence-electron chi connectivity index (χ2n) is 10.7. The van der Waals surface area contributed by atoms with Gasteiger partial charge < -0.3 is 15.0 Å². The molecule has 0 aliphatic heterocycles. The third kappa shape index (κ3) is 9.34. The Bertz CT molecular complexity index is 1700. The second-order valence-corrected chi connectivity index (χ2v) is 13.9. The number of carbonyl (C=O) groups excluding carboxylic acids is 2. The van der Waals surface area contributed by atoms with Gasteiger partial charge in [-0.05, 0) is 72.1 Å². The van der Waals surface area contributed by atoms with Crippen LogP contribution in [-0.2, 0) is 32.6 Å². The first-order chi connectivity index (χ1) is 22.1. The number of benzene rings is 4. The number of sulfonamides is 1. The van der Waals surface area contributed by atoms with Gasteiger partial charge in [0.25, 0.3) is 10.0 Å². The van der Waals surface area contributed by atoms with E-state index in [2.05, 4.69) is 21.2 Å². The Hall–Kier alpha value is -3.86. The Morgan fingerprint density at radius 1 is 0.913 bits per heavy atom. The van der Waals surface area contributed by atoms with Crippen molar-refractivity contribution in [1.29, 1.82) is 0 Å². The van der Waals surface area contributed by atoms with E-state index in [9.17, 15) is 18.0 Å². The van der Waals surface area contributed by atoms with Crippen LogP contribution in [0, 0.1) is 0 Å². The van der Waals surface area contributed by atoms with Crippen molar-refractivity contribution in [2.75, 3.05) is 24.5 Å². The van der Waals surface area contributed by atoms with Crippen LogP contribution in [0.15, 0.2) is 112 Å². The van der Waals surface area contributed by atoms with E-state index in [1.54, 1.807) is 30.3 Å². The molecule has 2 amide bonds. The van der Waals surface area contributed by atoms with Crippen molar-refractivity contribution in [3.63, 3.8) is 0 Å². The number of nitrogens with zero attached hydrogens (tertiary/aromatic N) is 2. The highest BCUT2D eigenvalue weighted by Gasteiger charge is 2.34. The number of ether oxygens (including phenoxy) is 1. The first-order valence-corrected chi connectivity index (χ1v) is 17.5. The summed E-state index contributed by atoms with van der Waals surface area (Å²) in [6, 6.07) is 28.2. The third-order valence-electron chi connectivity index (χ3n) is 7.39. The van der Waals surface area contributed by atoms with Crippen LogP contribution in [0.3, 0.4) is 0 Å². The minimum absolute atomic E-state index is 0.0290. The fraction of sp³-hybridized carbons (Fsp3) is 0.257. The summed E-state index contributed by atoms with van der Waals surface area (Å²) >= 11 is 9.75. The summed E-state index contributed by atoms with van der Waals surface area (Å²) in [6.07, 6.45) is 1.92. The molecule has 0 bridgehead atoms. The molecule has 1 N–H and O–H groups in total. The number of rotatable bonds is 15. The molecule has 0 aliphatic rings. The lowest BCUT2D eigenvalue weighted by Gasteiger charge is -2.34. The van der Waals surface area contributed by atoms with Gasteiger partial charge in [-0.3, -0.25) is 13.9 Å². The number of methoxy groups -OCH3 is 1. The fourth-order valence-electron chi connectivity index (χ4n) is 4.88. The standard InChI is InChI=1S/C35H37BrClN3O5S/c1-3-4-21-38-35(42)33(22-26-9-6-5-7-10-26)39(24-27-13-15-28(36)16-14-27)34(41)25-40(30-12-8-11-29(37)23-30)46(43,44)32-19-17-31(45-2)18-20-32/h5-20,23,33H,3-4,21-22,24-25H2,1-2H3,(H,38,42). The highest BCUT2D eigenvalue weighted by Crippen LogP contribution is 2.28. The van der Waals surface area contributed by atoms with Crippen LogP contribution in [0.2, 0.25) is 5.02 Å². The summed E-state index contributed by atoms with van der Waals surface area (Å²) in [5.74, 6) is -0.371. The minimum atomic E-state index is -4.26. The van der Waals surface area contributed by atoms with Gasteiger partial charge in [-0.25, -0.2) is 8.42 Å². The van der Waals surface area contributed by atoms with Gasteiger partial charge in [-0.1, -0.05) is 89.4 Å². The van der Waals surface area contributed by atoms with Gasteiger partial charge in [0, 0.05) is 29.0 Å². The minimum Gasteiger partial charge on any atom is -0.497 e. The summed E-state index contributed by atoms with van der Waals surface area (Å²) in [5.41, 5.74) is 1.86. The van der Waals surface area contributed by atoms with Crippen molar-refractivity contribution in [3.8, 4) is 5.75 Å². The number of amides is 2. The summed E-state index contributed by atoms with van der Waals surface area (Å²) in [6.45, 7) is 2.00. The number of hydrogen-bond acceptors (Lipinski definition) is 5. The normalized spacial score (nSPS) is 11.8. The molecule has 4 aromatic rings.